The SMILES string of the molecule is CC(C)[C@H](N)C(=O)N1CC[C@@]2(CC[C@@H](CN)C2)C1. The first-order valence-electron chi connectivity index (χ1n) is 7.22. The summed E-state index contributed by atoms with van der Waals surface area (Å²) in [6.07, 6.45) is 4.80. The van der Waals surface area contributed by atoms with Crippen molar-refractivity contribution < 1.29 is 4.79 Å². The number of likely N-dealkylation sites (tertiary alicyclic amines) is 1. The van der Waals surface area contributed by atoms with Crippen LogP contribution < -0.4 is 11.5 Å². The van der Waals surface area contributed by atoms with Crippen LogP contribution in [0.25, 0.3) is 0 Å². The number of carbonyl (C=O) groups is 1. The van der Waals surface area contributed by atoms with Gasteiger partial charge in [0.25, 0.3) is 0 Å². The Kier molecular flexibility index (Phi) is 3.97. The molecular weight excluding hydrogens is 226 g/mol. The average molecular weight is 253 g/mol. The number of amides is 1. The molecule has 1 aliphatic carbocycles. The maximum absolute atomic E-state index is 12.3. The molecule has 1 heterocycles. The van der Waals surface area contributed by atoms with Gasteiger partial charge in [0.05, 0.1) is 6.04 Å². The molecule has 18 heavy (non-hydrogen) atoms. The van der Waals surface area contributed by atoms with Gasteiger partial charge >= 0.3 is 0 Å². The van der Waals surface area contributed by atoms with E-state index in [1.807, 2.05) is 18.7 Å². The van der Waals surface area contributed by atoms with Crippen LogP contribution in [0, 0.1) is 17.3 Å². The fourth-order valence-corrected chi connectivity index (χ4v) is 3.52. The van der Waals surface area contributed by atoms with Crippen LogP contribution in [-0.4, -0.2) is 36.5 Å². The normalized spacial score (nSPS) is 33.6. The molecule has 4 nitrogen and oxygen atoms in total. The third-order valence-corrected chi connectivity index (χ3v) is 4.89. The second-order valence-electron chi connectivity index (χ2n) is 6.62. The molecule has 0 aromatic heterocycles. The van der Waals surface area contributed by atoms with Gasteiger partial charge in [-0.15, -0.1) is 0 Å². The summed E-state index contributed by atoms with van der Waals surface area (Å²) >= 11 is 0. The van der Waals surface area contributed by atoms with Crippen molar-refractivity contribution in [2.75, 3.05) is 19.6 Å². The van der Waals surface area contributed by atoms with Crippen LogP contribution >= 0.6 is 0 Å². The first-order chi connectivity index (χ1) is 8.47. The summed E-state index contributed by atoms with van der Waals surface area (Å²) < 4.78 is 0. The summed E-state index contributed by atoms with van der Waals surface area (Å²) in [6, 6.07) is -0.341. The van der Waals surface area contributed by atoms with Gasteiger partial charge in [0.1, 0.15) is 0 Å². The standard InChI is InChI=1S/C14H27N3O/c1-10(2)12(16)13(18)17-6-5-14(9-17)4-3-11(7-14)8-15/h10-12H,3-9,15-16H2,1-2H3/t11-,12+,14-/m1/s1. The van der Waals surface area contributed by atoms with Gasteiger partial charge in [-0.25, -0.2) is 0 Å². The Labute approximate surface area is 110 Å². The van der Waals surface area contributed by atoms with E-state index >= 15 is 0 Å². The van der Waals surface area contributed by atoms with Gasteiger partial charge < -0.3 is 16.4 Å². The topological polar surface area (TPSA) is 72.4 Å². The fourth-order valence-electron chi connectivity index (χ4n) is 3.52. The van der Waals surface area contributed by atoms with Crippen molar-refractivity contribution in [3.05, 3.63) is 0 Å². The van der Waals surface area contributed by atoms with Crippen molar-refractivity contribution in [3.8, 4) is 0 Å². The zero-order valence-corrected chi connectivity index (χ0v) is 11.7. The number of nitrogens with two attached hydrogens (primary N) is 2. The van der Waals surface area contributed by atoms with Crippen molar-refractivity contribution in [2.45, 2.75) is 45.6 Å². The van der Waals surface area contributed by atoms with E-state index in [2.05, 4.69) is 0 Å². The molecule has 2 aliphatic rings. The van der Waals surface area contributed by atoms with E-state index in [1.165, 1.54) is 19.3 Å². The Balaban J connectivity index is 1.94. The number of hydrogen-bond donors (Lipinski definition) is 2. The van der Waals surface area contributed by atoms with Crippen LogP contribution in [0.5, 0.6) is 0 Å². The van der Waals surface area contributed by atoms with Crippen LogP contribution in [0.2, 0.25) is 0 Å². The van der Waals surface area contributed by atoms with Crippen molar-refractivity contribution in [2.24, 2.45) is 28.7 Å². The first kappa shape index (κ1) is 13.8. The van der Waals surface area contributed by atoms with E-state index in [1.54, 1.807) is 0 Å². The van der Waals surface area contributed by atoms with Crippen molar-refractivity contribution >= 4 is 5.91 Å². The predicted molar refractivity (Wildman–Crippen MR) is 72.8 cm³/mol. The van der Waals surface area contributed by atoms with Crippen LogP contribution in [0.3, 0.4) is 0 Å². The Morgan fingerprint density at radius 2 is 2.17 bits per heavy atom. The molecule has 0 aromatic carbocycles. The Morgan fingerprint density at radius 3 is 2.72 bits per heavy atom. The molecule has 1 aliphatic heterocycles. The highest BCUT2D eigenvalue weighted by Crippen LogP contribution is 2.47. The number of nitrogens with zero attached hydrogens (tertiary/aromatic N) is 1. The average Bonchev–Trinajstić information content (AvgIpc) is 2.95. The molecule has 4 heteroatoms. The molecule has 0 radical (unpaired) electrons. The molecule has 1 amide bonds. The van der Waals surface area contributed by atoms with Crippen LogP contribution in [-0.2, 0) is 4.79 Å². The number of carbonyl (C=O) groups excluding carboxylic acids is 1. The molecular formula is C14H27N3O. The summed E-state index contributed by atoms with van der Waals surface area (Å²) in [7, 11) is 0. The highest BCUT2D eigenvalue weighted by atomic mass is 16.2. The minimum atomic E-state index is -0.341. The van der Waals surface area contributed by atoms with E-state index in [9.17, 15) is 4.79 Å². The second-order valence-corrected chi connectivity index (χ2v) is 6.62. The summed E-state index contributed by atoms with van der Waals surface area (Å²) in [5.41, 5.74) is 12.1. The molecule has 104 valence electrons. The Morgan fingerprint density at radius 1 is 1.44 bits per heavy atom. The summed E-state index contributed by atoms with van der Waals surface area (Å²) in [5, 5.41) is 0. The lowest BCUT2D eigenvalue weighted by Crippen LogP contribution is -2.46. The van der Waals surface area contributed by atoms with Crippen molar-refractivity contribution in [1.82, 2.24) is 4.90 Å². The lowest BCUT2D eigenvalue weighted by atomic mass is 9.84. The fraction of sp³-hybridized carbons (Fsp3) is 0.929. The molecule has 1 saturated carbocycles. The molecule has 3 atom stereocenters. The summed E-state index contributed by atoms with van der Waals surface area (Å²) in [5.74, 6) is 1.02. The molecule has 0 aromatic rings. The lowest BCUT2D eigenvalue weighted by molar-refractivity contribution is -0.132. The van der Waals surface area contributed by atoms with Crippen molar-refractivity contribution in [3.63, 3.8) is 0 Å². The van der Waals surface area contributed by atoms with E-state index in [0.717, 1.165) is 26.1 Å². The lowest BCUT2D eigenvalue weighted by Gasteiger charge is -2.26. The van der Waals surface area contributed by atoms with Crippen LogP contribution in [0.4, 0.5) is 0 Å². The second kappa shape index (κ2) is 5.17. The highest BCUT2D eigenvalue weighted by molar-refractivity contribution is 5.82. The van der Waals surface area contributed by atoms with E-state index in [-0.39, 0.29) is 17.9 Å². The highest BCUT2D eigenvalue weighted by Gasteiger charge is 2.45. The maximum atomic E-state index is 12.3. The molecule has 0 unspecified atom stereocenters. The summed E-state index contributed by atoms with van der Waals surface area (Å²) in [4.78, 5) is 14.2. The predicted octanol–water partition coefficient (Wildman–Crippen LogP) is 0.947. The third kappa shape index (κ3) is 2.54. The third-order valence-electron chi connectivity index (χ3n) is 4.89. The Hall–Kier alpha value is -0.610. The number of hydrogen-bond acceptors (Lipinski definition) is 3. The molecule has 2 fully saturated rings. The maximum Gasteiger partial charge on any atom is 0.239 e. The largest absolute Gasteiger partial charge is 0.341 e. The zero-order chi connectivity index (χ0) is 13.3. The smallest absolute Gasteiger partial charge is 0.239 e. The number of rotatable bonds is 3. The van der Waals surface area contributed by atoms with Gasteiger partial charge in [-0.1, -0.05) is 13.8 Å². The van der Waals surface area contributed by atoms with Gasteiger partial charge in [-0.05, 0) is 49.5 Å². The monoisotopic (exact) mass is 253 g/mol. The van der Waals surface area contributed by atoms with Gasteiger partial charge in [0, 0.05) is 13.1 Å². The van der Waals surface area contributed by atoms with Crippen molar-refractivity contribution in [1.29, 1.82) is 0 Å². The minimum absolute atomic E-state index is 0.137. The first-order valence-corrected chi connectivity index (χ1v) is 7.22. The zero-order valence-electron chi connectivity index (χ0n) is 11.7. The molecule has 1 spiro atoms. The molecule has 0 bridgehead atoms. The quantitative estimate of drug-likeness (QED) is 0.786. The van der Waals surface area contributed by atoms with E-state index < -0.39 is 0 Å². The molecule has 1 saturated heterocycles. The van der Waals surface area contributed by atoms with Gasteiger partial charge in [0.2, 0.25) is 5.91 Å². The van der Waals surface area contributed by atoms with Gasteiger partial charge in [-0.2, -0.15) is 0 Å². The Bertz CT molecular complexity index is 318. The van der Waals surface area contributed by atoms with Gasteiger partial charge in [0.15, 0.2) is 0 Å². The van der Waals surface area contributed by atoms with E-state index in [4.69, 9.17) is 11.5 Å². The summed E-state index contributed by atoms with van der Waals surface area (Å²) in [6.45, 7) is 6.60. The van der Waals surface area contributed by atoms with Crippen LogP contribution in [0.15, 0.2) is 0 Å². The van der Waals surface area contributed by atoms with E-state index in [0.29, 0.717) is 11.3 Å². The minimum Gasteiger partial charge on any atom is -0.341 e. The molecule has 4 N–H and O–H groups in total. The van der Waals surface area contributed by atoms with Crippen LogP contribution in [0.1, 0.15) is 39.5 Å². The van der Waals surface area contributed by atoms with Gasteiger partial charge in [-0.3, -0.25) is 4.79 Å². The molecule has 2 rings (SSSR count).